The molecule has 0 N–H and O–H groups in total. The van der Waals surface area contributed by atoms with E-state index in [1.54, 1.807) is 6.08 Å². The molecule has 3 nitrogen and oxygen atoms in total. The molecule has 108 valence electrons. The van der Waals surface area contributed by atoms with Crippen molar-refractivity contribution in [3.63, 3.8) is 0 Å². The minimum absolute atomic E-state index is 0.136. The molecule has 1 unspecified atom stereocenters. The van der Waals surface area contributed by atoms with E-state index in [4.69, 9.17) is 4.74 Å². The van der Waals surface area contributed by atoms with E-state index < -0.39 is 0 Å². The van der Waals surface area contributed by atoms with E-state index in [0.717, 1.165) is 12.0 Å². The van der Waals surface area contributed by atoms with Gasteiger partial charge in [0, 0.05) is 6.08 Å². The van der Waals surface area contributed by atoms with Crippen LogP contribution in [-0.4, -0.2) is 19.2 Å². The van der Waals surface area contributed by atoms with Crippen LogP contribution in [0.25, 0.3) is 0 Å². The smallest absolute Gasteiger partial charge is 0.330 e. The van der Waals surface area contributed by atoms with Crippen LogP contribution in [0.3, 0.4) is 0 Å². The summed E-state index contributed by atoms with van der Waals surface area (Å²) in [7, 11) is 1.37. The molecule has 1 atom stereocenters. The molecule has 0 saturated carbocycles. The molecular weight excluding hydrogens is 252 g/mol. The Morgan fingerprint density at radius 3 is 2.60 bits per heavy atom. The summed E-state index contributed by atoms with van der Waals surface area (Å²) in [6.45, 7) is 4.60. The zero-order valence-corrected chi connectivity index (χ0v) is 12.3. The molecule has 0 heterocycles. The normalized spacial score (nSPS) is 13.4. The molecule has 20 heavy (non-hydrogen) atoms. The van der Waals surface area contributed by atoms with E-state index in [0.29, 0.717) is 6.61 Å². The third-order valence-corrected chi connectivity index (χ3v) is 2.83. The Morgan fingerprint density at radius 2 is 1.95 bits per heavy atom. The van der Waals surface area contributed by atoms with Crippen LogP contribution in [0.15, 0.2) is 54.1 Å². The van der Waals surface area contributed by atoms with Crippen LogP contribution in [-0.2, 0) is 20.9 Å². The van der Waals surface area contributed by atoms with Crippen LogP contribution in [0.2, 0.25) is 0 Å². The Bertz CT molecular complexity index is 460. The van der Waals surface area contributed by atoms with Crippen molar-refractivity contribution in [1.29, 1.82) is 0 Å². The van der Waals surface area contributed by atoms with Gasteiger partial charge in [-0.2, -0.15) is 0 Å². The topological polar surface area (TPSA) is 35.5 Å². The molecule has 0 saturated heterocycles. The van der Waals surface area contributed by atoms with Gasteiger partial charge in [-0.15, -0.1) is 0 Å². The van der Waals surface area contributed by atoms with Crippen molar-refractivity contribution in [3.05, 3.63) is 59.7 Å². The number of carbonyl (C=O) groups is 1. The molecule has 3 heteroatoms. The van der Waals surface area contributed by atoms with Crippen molar-refractivity contribution in [2.45, 2.75) is 33.0 Å². The molecular formula is C17H22O3. The van der Waals surface area contributed by atoms with Crippen LogP contribution >= 0.6 is 0 Å². The largest absolute Gasteiger partial charge is 0.466 e. The third kappa shape index (κ3) is 6.90. The molecule has 1 aromatic rings. The first-order valence-electron chi connectivity index (χ1n) is 6.70. The lowest BCUT2D eigenvalue weighted by Crippen LogP contribution is -2.06. The van der Waals surface area contributed by atoms with E-state index >= 15 is 0 Å². The number of hydrogen-bond donors (Lipinski definition) is 0. The van der Waals surface area contributed by atoms with Crippen molar-refractivity contribution >= 4 is 5.97 Å². The predicted octanol–water partition coefficient (Wildman–Crippen LogP) is 3.66. The fourth-order valence-corrected chi connectivity index (χ4v) is 1.57. The summed E-state index contributed by atoms with van der Waals surface area (Å²) < 4.78 is 10.3. The number of methoxy groups -OCH3 is 1. The summed E-state index contributed by atoms with van der Waals surface area (Å²) >= 11 is 0. The molecule has 0 aliphatic heterocycles. The summed E-state index contributed by atoms with van der Waals surface area (Å²) in [4.78, 5) is 11.0. The van der Waals surface area contributed by atoms with Gasteiger partial charge in [-0.05, 0) is 25.8 Å². The van der Waals surface area contributed by atoms with E-state index in [2.05, 4.69) is 10.8 Å². The second-order valence-corrected chi connectivity index (χ2v) is 4.65. The fourth-order valence-electron chi connectivity index (χ4n) is 1.57. The van der Waals surface area contributed by atoms with Crippen molar-refractivity contribution < 1.29 is 14.3 Å². The maximum Gasteiger partial charge on any atom is 0.330 e. The molecule has 0 aliphatic carbocycles. The van der Waals surface area contributed by atoms with E-state index in [9.17, 15) is 4.79 Å². The summed E-state index contributed by atoms with van der Waals surface area (Å²) in [6.07, 6.45) is 6.16. The minimum Gasteiger partial charge on any atom is -0.466 e. The van der Waals surface area contributed by atoms with E-state index in [-0.39, 0.29) is 12.1 Å². The van der Waals surface area contributed by atoms with Crippen LogP contribution in [0.1, 0.15) is 25.8 Å². The average Bonchev–Trinajstić information content (AvgIpc) is 2.49. The summed E-state index contributed by atoms with van der Waals surface area (Å²) in [6, 6.07) is 10.1. The van der Waals surface area contributed by atoms with Crippen molar-refractivity contribution in [1.82, 2.24) is 0 Å². The van der Waals surface area contributed by atoms with Crippen LogP contribution in [0.5, 0.6) is 0 Å². The van der Waals surface area contributed by atoms with Crippen LogP contribution in [0.4, 0.5) is 0 Å². The van der Waals surface area contributed by atoms with Gasteiger partial charge in [-0.3, -0.25) is 0 Å². The van der Waals surface area contributed by atoms with E-state index in [1.165, 1.54) is 18.7 Å². The van der Waals surface area contributed by atoms with Gasteiger partial charge in [-0.25, -0.2) is 4.79 Å². The number of ether oxygens (including phenoxy) is 2. The lowest BCUT2D eigenvalue weighted by Gasteiger charge is -2.11. The first-order chi connectivity index (χ1) is 9.61. The first-order valence-corrected chi connectivity index (χ1v) is 6.70. The molecule has 0 spiro atoms. The van der Waals surface area contributed by atoms with Gasteiger partial charge in [0.25, 0.3) is 0 Å². The highest BCUT2D eigenvalue weighted by Gasteiger charge is 2.01. The van der Waals surface area contributed by atoms with Crippen molar-refractivity contribution in [2.75, 3.05) is 7.11 Å². The van der Waals surface area contributed by atoms with Crippen molar-refractivity contribution in [3.8, 4) is 0 Å². The molecule has 1 rings (SSSR count). The standard InChI is InChI=1S/C17H22O3/c1-14(10-12-17(18)19-3)9-11-15(2)20-13-16-7-5-4-6-8-16/h4-10,12,15H,11,13H2,1-3H3. The highest BCUT2D eigenvalue weighted by molar-refractivity contribution is 5.82. The zero-order chi connectivity index (χ0) is 14.8. The number of benzene rings is 1. The Balaban J connectivity index is 2.33. The maximum atomic E-state index is 11.0. The Morgan fingerprint density at radius 1 is 1.25 bits per heavy atom. The van der Waals surface area contributed by atoms with Crippen LogP contribution < -0.4 is 0 Å². The summed E-state index contributed by atoms with van der Waals surface area (Å²) in [5.74, 6) is -0.342. The van der Waals surface area contributed by atoms with Crippen LogP contribution in [0, 0.1) is 0 Å². The predicted molar refractivity (Wildman–Crippen MR) is 80.2 cm³/mol. The Labute approximate surface area is 120 Å². The number of hydrogen-bond acceptors (Lipinski definition) is 3. The van der Waals surface area contributed by atoms with Gasteiger partial charge in [0.15, 0.2) is 0 Å². The van der Waals surface area contributed by atoms with Gasteiger partial charge < -0.3 is 9.47 Å². The lowest BCUT2D eigenvalue weighted by molar-refractivity contribution is -0.134. The van der Waals surface area contributed by atoms with Gasteiger partial charge in [0.2, 0.25) is 0 Å². The summed E-state index contributed by atoms with van der Waals surface area (Å²) in [5.41, 5.74) is 2.19. The number of carbonyl (C=O) groups excluding carboxylic acids is 1. The van der Waals surface area contributed by atoms with Gasteiger partial charge >= 0.3 is 5.97 Å². The second kappa shape index (κ2) is 9.10. The van der Waals surface area contributed by atoms with Crippen molar-refractivity contribution in [2.24, 2.45) is 0 Å². The average molecular weight is 274 g/mol. The third-order valence-electron chi connectivity index (χ3n) is 2.83. The molecule has 0 fully saturated rings. The van der Waals surface area contributed by atoms with Gasteiger partial charge in [0.05, 0.1) is 19.8 Å². The Hall–Kier alpha value is -1.87. The fraction of sp³-hybridized carbons (Fsp3) is 0.353. The minimum atomic E-state index is -0.342. The highest BCUT2D eigenvalue weighted by atomic mass is 16.5. The zero-order valence-electron chi connectivity index (χ0n) is 12.3. The molecule has 0 aliphatic rings. The Kier molecular flexibility index (Phi) is 7.36. The molecule has 0 aromatic heterocycles. The number of rotatable bonds is 7. The monoisotopic (exact) mass is 274 g/mol. The summed E-state index contributed by atoms with van der Waals surface area (Å²) in [5, 5.41) is 0. The number of allylic oxidation sites excluding steroid dienone is 2. The quantitative estimate of drug-likeness (QED) is 0.432. The SMILES string of the molecule is COC(=O)C=CC(C)=CCC(C)OCc1ccccc1. The number of esters is 1. The van der Waals surface area contributed by atoms with Gasteiger partial charge in [-0.1, -0.05) is 48.1 Å². The molecule has 0 bridgehead atoms. The van der Waals surface area contributed by atoms with Gasteiger partial charge in [0.1, 0.15) is 0 Å². The molecule has 0 radical (unpaired) electrons. The second-order valence-electron chi connectivity index (χ2n) is 4.65. The highest BCUT2D eigenvalue weighted by Crippen LogP contribution is 2.08. The molecule has 1 aromatic carbocycles. The first kappa shape index (κ1) is 16.2. The van der Waals surface area contributed by atoms with E-state index in [1.807, 2.05) is 44.2 Å². The maximum absolute atomic E-state index is 11.0. The lowest BCUT2D eigenvalue weighted by atomic mass is 10.2. The molecule has 0 amide bonds.